The van der Waals surface area contributed by atoms with E-state index in [4.69, 9.17) is 9.47 Å². The van der Waals surface area contributed by atoms with Crippen LogP contribution in [-0.4, -0.2) is 76.2 Å². The Morgan fingerprint density at radius 2 is 1.95 bits per heavy atom. The molecule has 1 aromatic rings. The molecule has 3 aliphatic rings. The number of hydrogen-bond acceptors (Lipinski definition) is 6. The first-order valence-electron chi connectivity index (χ1n) is 15.1. The van der Waals surface area contributed by atoms with Gasteiger partial charge in [-0.1, -0.05) is 69.2 Å². The second-order valence-electron chi connectivity index (χ2n) is 11.9. The van der Waals surface area contributed by atoms with E-state index in [1.165, 1.54) is 4.90 Å². The van der Waals surface area contributed by atoms with Crippen molar-refractivity contribution in [3.63, 3.8) is 0 Å². The predicted molar refractivity (Wildman–Crippen MR) is 157 cm³/mol. The van der Waals surface area contributed by atoms with E-state index < -0.39 is 41.1 Å². The van der Waals surface area contributed by atoms with Crippen LogP contribution in [0.25, 0.3) is 0 Å². The minimum absolute atomic E-state index is 0.0928. The monoisotopic (exact) mass is 566 g/mol. The molecule has 224 valence electrons. The maximum absolute atomic E-state index is 14.6. The van der Waals surface area contributed by atoms with Gasteiger partial charge < -0.3 is 24.4 Å². The highest BCUT2D eigenvalue weighted by Gasteiger charge is 2.80. The van der Waals surface area contributed by atoms with Gasteiger partial charge in [-0.05, 0) is 44.1 Å². The molecule has 7 atom stereocenters. The third kappa shape index (κ3) is 5.37. The zero-order valence-electron chi connectivity index (χ0n) is 24.8. The number of rotatable bonds is 15. The predicted octanol–water partition coefficient (Wildman–Crippen LogP) is 4.44. The number of benzene rings is 1. The highest BCUT2D eigenvalue weighted by atomic mass is 16.6. The number of likely N-dealkylation sites (tertiary alicyclic amines) is 1. The Morgan fingerprint density at radius 1 is 1.22 bits per heavy atom. The van der Waals surface area contributed by atoms with Crippen molar-refractivity contribution in [2.45, 2.75) is 82.6 Å². The summed E-state index contributed by atoms with van der Waals surface area (Å²) in [5, 5.41) is 10.7. The van der Waals surface area contributed by atoms with Crippen LogP contribution in [0.15, 0.2) is 55.6 Å². The van der Waals surface area contributed by atoms with Gasteiger partial charge in [-0.15, -0.1) is 13.2 Å². The Kier molecular flexibility index (Phi) is 9.75. The van der Waals surface area contributed by atoms with Gasteiger partial charge in [0.05, 0.1) is 30.8 Å². The normalized spacial score (nSPS) is 30.6. The summed E-state index contributed by atoms with van der Waals surface area (Å²) in [7, 11) is 0. The SMILES string of the molecule is C=CCCCOC(=O)[C@H]1[C@H]2C(=O)N([C@H](CO)c3ccccc3)C(C(=O)N(CC=C)CCCCC)C23CC(C)[C@]1(C)O3. The third-order valence-electron chi connectivity index (χ3n) is 9.42. The molecule has 0 saturated carbocycles. The summed E-state index contributed by atoms with van der Waals surface area (Å²) >= 11 is 0. The molecule has 3 heterocycles. The number of unbranched alkanes of at least 4 members (excludes halogenated alkanes) is 3. The van der Waals surface area contributed by atoms with E-state index >= 15 is 0 Å². The van der Waals surface area contributed by atoms with Gasteiger partial charge in [0.2, 0.25) is 11.8 Å². The van der Waals surface area contributed by atoms with Crippen LogP contribution in [0.1, 0.15) is 70.9 Å². The van der Waals surface area contributed by atoms with Crippen molar-refractivity contribution in [2.75, 3.05) is 26.3 Å². The Labute approximate surface area is 244 Å². The molecule has 1 spiro atoms. The Hall–Kier alpha value is -2.97. The smallest absolute Gasteiger partial charge is 0.312 e. The summed E-state index contributed by atoms with van der Waals surface area (Å²) in [6, 6.07) is 7.48. The third-order valence-corrected chi connectivity index (χ3v) is 9.42. The summed E-state index contributed by atoms with van der Waals surface area (Å²) in [5.74, 6) is -2.88. The number of ether oxygens (including phenoxy) is 2. The summed E-state index contributed by atoms with van der Waals surface area (Å²) in [4.78, 5) is 46.1. The van der Waals surface area contributed by atoms with E-state index in [-0.39, 0.29) is 30.9 Å². The molecule has 0 aliphatic carbocycles. The van der Waals surface area contributed by atoms with Crippen LogP contribution in [0.2, 0.25) is 0 Å². The van der Waals surface area contributed by atoms with Crippen molar-refractivity contribution in [1.29, 1.82) is 0 Å². The number of aliphatic hydroxyl groups is 1. The average Bonchev–Trinajstić information content (AvgIpc) is 3.48. The zero-order valence-corrected chi connectivity index (χ0v) is 24.8. The van der Waals surface area contributed by atoms with Gasteiger partial charge >= 0.3 is 5.97 Å². The highest BCUT2D eigenvalue weighted by Crippen LogP contribution is 2.66. The summed E-state index contributed by atoms with van der Waals surface area (Å²) in [6.45, 7) is 14.3. The minimum atomic E-state index is -1.21. The van der Waals surface area contributed by atoms with Crippen LogP contribution in [0.3, 0.4) is 0 Å². The molecule has 4 rings (SSSR count). The molecule has 2 amide bonds. The molecular formula is C33H46N2O6. The maximum atomic E-state index is 14.6. The number of hydrogen-bond donors (Lipinski definition) is 1. The zero-order chi connectivity index (χ0) is 29.8. The van der Waals surface area contributed by atoms with Gasteiger partial charge in [0, 0.05) is 13.1 Å². The number of carbonyl (C=O) groups excluding carboxylic acids is 3. The van der Waals surface area contributed by atoms with Crippen molar-refractivity contribution >= 4 is 17.8 Å². The van der Waals surface area contributed by atoms with Crippen molar-refractivity contribution in [3.8, 4) is 0 Å². The highest BCUT2D eigenvalue weighted by molar-refractivity contribution is 5.99. The Bertz CT molecular complexity index is 1120. The number of amides is 2. The molecular weight excluding hydrogens is 520 g/mol. The number of nitrogens with zero attached hydrogens (tertiary/aromatic N) is 2. The number of allylic oxidation sites excluding steroid dienone is 1. The summed E-state index contributed by atoms with van der Waals surface area (Å²) in [5.41, 5.74) is -1.44. The van der Waals surface area contributed by atoms with Gasteiger partial charge in [0.1, 0.15) is 17.6 Å². The van der Waals surface area contributed by atoms with E-state index in [1.54, 1.807) is 17.1 Å². The lowest BCUT2D eigenvalue weighted by Crippen LogP contribution is -2.57. The number of aliphatic hydroxyl groups excluding tert-OH is 1. The molecule has 1 aromatic carbocycles. The molecule has 0 radical (unpaired) electrons. The second kappa shape index (κ2) is 12.9. The van der Waals surface area contributed by atoms with Crippen LogP contribution < -0.4 is 0 Å². The maximum Gasteiger partial charge on any atom is 0.312 e. The first kappa shape index (κ1) is 31.0. The van der Waals surface area contributed by atoms with Gasteiger partial charge in [-0.3, -0.25) is 14.4 Å². The second-order valence-corrected chi connectivity index (χ2v) is 11.9. The lowest BCUT2D eigenvalue weighted by molar-refractivity contribution is -0.164. The van der Waals surface area contributed by atoms with Crippen LogP contribution in [0, 0.1) is 17.8 Å². The molecule has 3 unspecified atom stereocenters. The van der Waals surface area contributed by atoms with Crippen LogP contribution in [0.5, 0.6) is 0 Å². The van der Waals surface area contributed by atoms with E-state index in [1.807, 2.05) is 44.2 Å². The van der Waals surface area contributed by atoms with Crippen LogP contribution in [-0.2, 0) is 23.9 Å². The fourth-order valence-corrected chi connectivity index (χ4v) is 7.34. The lowest BCUT2D eigenvalue weighted by Gasteiger charge is -2.39. The van der Waals surface area contributed by atoms with E-state index in [2.05, 4.69) is 20.1 Å². The van der Waals surface area contributed by atoms with Gasteiger partial charge in [-0.25, -0.2) is 0 Å². The van der Waals surface area contributed by atoms with E-state index in [0.29, 0.717) is 32.4 Å². The van der Waals surface area contributed by atoms with Gasteiger partial charge in [-0.2, -0.15) is 0 Å². The molecule has 8 heteroatoms. The quantitative estimate of drug-likeness (QED) is 0.192. The molecule has 1 N–H and O–H groups in total. The summed E-state index contributed by atoms with van der Waals surface area (Å²) < 4.78 is 12.5. The standard InChI is InChI=1S/C33H46N2O6/c1-6-9-14-19-34(18-8-3)30(38)28-33-21-23(4)32(5,41-33)27(31(39)40-20-15-10-7-2)26(33)29(37)35(28)25(22-36)24-16-12-11-13-17-24/h7-8,11-13,16-17,23,25-28,36H,2-3,6,9-10,14-15,18-22H2,1,4-5H3/t23?,25-,26+,27-,28?,32+,33?/m1/s1. The first-order chi connectivity index (χ1) is 19.7. The molecule has 41 heavy (non-hydrogen) atoms. The van der Waals surface area contributed by atoms with Gasteiger partial charge in [0.25, 0.3) is 0 Å². The lowest BCUT2D eigenvalue weighted by atomic mass is 9.62. The Morgan fingerprint density at radius 3 is 2.59 bits per heavy atom. The largest absolute Gasteiger partial charge is 0.465 e. The molecule has 0 aromatic heterocycles. The molecule has 3 fully saturated rings. The molecule has 3 aliphatic heterocycles. The van der Waals surface area contributed by atoms with Crippen molar-refractivity contribution < 1.29 is 29.0 Å². The minimum Gasteiger partial charge on any atom is -0.465 e. The fraction of sp³-hybridized carbons (Fsp3) is 0.606. The topological polar surface area (TPSA) is 96.4 Å². The molecule has 2 bridgehead atoms. The van der Waals surface area contributed by atoms with Crippen LogP contribution >= 0.6 is 0 Å². The Balaban J connectivity index is 1.80. The summed E-state index contributed by atoms with van der Waals surface area (Å²) in [6.07, 6.45) is 8.08. The van der Waals surface area contributed by atoms with Crippen molar-refractivity contribution in [2.24, 2.45) is 17.8 Å². The molecule has 3 saturated heterocycles. The van der Waals surface area contributed by atoms with Crippen molar-refractivity contribution in [1.82, 2.24) is 9.80 Å². The van der Waals surface area contributed by atoms with E-state index in [0.717, 1.165) is 24.8 Å². The molecule has 8 nitrogen and oxygen atoms in total. The van der Waals surface area contributed by atoms with Crippen LogP contribution in [0.4, 0.5) is 0 Å². The number of fused-ring (bicyclic) bond motifs is 1. The average molecular weight is 567 g/mol. The number of esters is 1. The number of carbonyl (C=O) groups is 3. The van der Waals surface area contributed by atoms with Gasteiger partial charge in [0.15, 0.2) is 0 Å². The fourth-order valence-electron chi connectivity index (χ4n) is 7.34. The first-order valence-corrected chi connectivity index (χ1v) is 15.1. The van der Waals surface area contributed by atoms with E-state index in [9.17, 15) is 19.5 Å². The van der Waals surface area contributed by atoms with Crippen molar-refractivity contribution in [3.05, 3.63) is 61.2 Å².